The zero-order valence-electron chi connectivity index (χ0n) is 5.62. The zero-order valence-corrected chi connectivity index (χ0v) is 7.21. The van der Waals surface area contributed by atoms with E-state index < -0.39 is 5.82 Å². The lowest BCUT2D eigenvalue weighted by Gasteiger charge is -1.89. The van der Waals surface area contributed by atoms with Crippen molar-refractivity contribution < 1.29 is 13.9 Å². The maximum Gasteiger partial charge on any atom is 0.249 e. The van der Waals surface area contributed by atoms with Crippen molar-refractivity contribution in [2.75, 3.05) is 0 Å². The average Bonchev–Trinajstić information content (AvgIpc) is 2.35. The molecule has 0 saturated heterocycles. The van der Waals surface area contributed by atoms with E-state index in [2.05, 4.69) is 25.7 Å². The van der Waals surface area contributed by atoms with Crippen LogP contribution in [0.1, 0.15) is 0 Å². The molecule has 12 heavy (non-hydrogen) atoms. The van der Waals surface area contributed by atoms with E-state index in [0.29, 0.717) is 5.52 Å². The predicted molar refractivity (Wildman–Crippen MR) is 40.6 cm³/mol. The highest BCUT2D eigenvalue weighted by Gasteiger charge is 2.12. The lowest BCUT2D eigenvalue weighted by Crippen LogP contribution is -2.22. The Kier molecular flexibility index (Phi) is 1.50. The zero-order chi connectivity index (χ0) is 8.72. The van der Waals surface area contributed by atoms with Crippen molar-refractivity contribution in [3.8, 4) is 0 Å². The highest BCUT2D eigenvalue weighted by atomic mass is 79.9. The van der Waals surface area contributed by atoms with Crippen molar-refractivity contribution in [1.82, 2.24) is 5.16 Å². The molecular formula is C6H2BrFN2O2. The highest BCUT2D eigenvalue weighted by molar-refractivity contribution is 9.10. The molecule has 2 aromatic rings. The third kappa shape index (κ3) is 0.953. The van der Waals surface area contributed by atoms with Crippen molar-refractivity contribution >= 4 is 27.0 Å². The minimum atomic E-state index is -0.518. The van der Waals surface area contributed by atoms with Crippen LogP contribution in [0.2, 0.25) is 0 Å². The highest BCUT2D eigenvalue weighted by Crippen LogP contribution is 2.19. The quantitative estimate of drug-likeness (QED) is 0.645. The van der Waals surface area contributed by atoms with Gasteiger partial charge in [0.1, 0.15) is 5.82 Å². The summed E-state index contributed by atoms with van der Waals surface area (Å²) in [6, 6.07) is 2.44. The number of nitrogens with zero attached hydrogens (tertiary/aromatic N) is 2. The standard InChI is InChI=1S/C6H2BrFN2O2/c7-3-1-5-6(2-4(3)8)10(11)12-9-5/h1-2H. The van der Waals surface area contributed by atoms with E-state index in [-0.39, 0.29) is 14.9 Å². The fourth-order valence-electron chi connectivity index (χ4n) is 0.870. The Morgan fingerprint density at radius 3 is 3.08 bits per heavy atom. The molecule has 0 radical (unpaired) electrons. The second kappa shape index (κ2) is 2.41. The Morgan fingerprint density at radius 2 is 2.33 bits per heavy atom. The SMILES string of the molecule is [O-][n+]1onc2cc(Br)c(F)cc21. The van der Waals surface area contributed by atoms with E-state index in [1.807, 2.05) is 0 Å². The first kappa shape index (κ1) is 7.48. The first-order valence-corrected chi connectivity index (χ1v) is 3.82. The summed E-state index contributed by atoms with van der Waals surface area (Å²) < 4.78 is 17.3. The first-order valence-electron chi connectivity index (χ1n) is 3.03. The van der Waals surface area contributed by atoms with Gasteiger partial charge in [-0.15, -0.1) is 0 Å². The van der Waals surface area contributed by atoms with Crippen LogP contribution < -0.4 is 4.90 Å². The fourth-order valence-corrected chi connectivity index (χ4v) is 1.20. The molecule has 1 aromatic carbocycles. The molecule has 0 bridgehead atoms. The molecular weight excluding hydrogens is 231 g/mol. The molecule has 6 heteroatoms. The van der Waals surface area contributed by atoms with Crippen LogP contribution in [0.3, 0.4) is 0 Å². The van der Waals surface area contributed by atoms with Crippen LogP contribution >= 0.6 is 15.9 Å². The van der Waals surface area contributed by atoms with Crippen molar-refractivity contribution in [2.45, 2.75) is 0 Å². The molecule has 0 aliphatic heterocycles. The van der Waals surface area contributed by atoms with Crippen molar-refractivity contribution in [1.29, 1.82) is 0 Å². The van der Waals surface area contributed by atoms with Crippen LogP contribution in [0.15, 0.2) is 21.2 Å². The van der Waals surface area contributed by atoms with E-state index in [9.17, 15) is 9.60 Å². The van der Waals surface area contributed by atoms with E-state index >= 15 is 0 Å². The second-order valence-corrected chi connectivity index (χ2v) is 3.04. The number of hydrogen-bond acceptors (Lipinski definition) is 3. The largest absolute Gasteiger partial charge is 0.359 e. The third-order valence-electron chi connectivity index (χ3n) is 1.43. The number of hydrogen-bond donors (Lipinski definition) is 0. The number of rotatable bonds is 0. The second-order valence-electron chi connectivity index (χ2n) is 2.19. The molecule has 0 amide bonds. The van der Waals surface area contributed by atoms with Gasteiger partial charge >= 0.3 is 0 Å². The molecule has 2 rings (SSSR count). The molecule has 0 unspecified atom stereocenters. The van der Waals surface area contributed by atoms with Crippen LogP contribution in [-0.4, -0.2) is 5.16 Å². The van der Waals surface area contributed by atoms with Crippen LogP contribution in [-0.2, 0) is 0 Å². The van der Waals surface area contributed by atoms with Gasteiger partial charge in [0.2, 0.25) is 11.0 Å². The van der Waals surface area contributed by atoms with Crippen LogP contribution in [0.5, 0.6) is 0 Å². The molecule has 4 nitrogen and oxygen atoms in total. The molecule has 1 aromatic heterocycles. The number of halogens is 2. The van der Waals surface area contributed by atoms with Gasteiger partial charge in [-0.2, -0.15) is 0 Å². The Labute approximate surface area is 74.2 Å². The number of aromatic nitrogens is 2. The van der Waals surface area contributed by atoms with Gasteiger partial charge in [0.15, 0.2) is 0 Å². The van der Waals surface area contributed by atoms with Crippen molar-refractivity contribution in [2.24, 2.45) is 0 Å². The smallest absolute Gasteiger partial charge is 0.249 e. The van der Waals surface area contributed by atoms with Gasteiger partial charge in [-0.1, -0.05) is 0 Å². The molecule has 62 valence electrons. The molecule has 0 saturated carbocycles. The maximum absolute atomic E-state index is 12.8. The Morgan fingerprint density at radius 1 is 1.58 bits per heavy atom. The number of benzene rings is 1. The molecule has 0 N–H and O–H groups in total. The Balaban J connectivity index is 2.87. The fraction of sp³-hybridized carbons (Fsp3) is 0. The Bertz CT molecular complexity index is 442. The molecule has 1 heterocycles. The van der Waals surface area contributed by atoms with E-state index in [1.165, 1.54) is 6.07 Å². The summed E-state index contributed by atoms with van der Waals surface area (Å²) in [6.07, 6.45) is 0. The normalized spacial score (nSPS) is 10.8. The third-order valence-corrected chi connectivity index (χ3v) is 2.04. The first-order chi connectivity index (χ1) is 5.68. The molecule has 0 aliphatic carbocycles. The summed E-state index contributed by atoms with van der Waals surface area (Å²) in [7, 11) is 0. The van der Waals surface area contributed by atoms with Gasteiger partial charge in [-0.25, -0.2) is 4.39 Å². The van der Waals surface area contributed by atoms with Crippen LogP contribution in [0.25, 0.3) is 11.0 Å². The molecule has 0 spiro atoms. The average molecular weight is 233 g/mol. The molecule has 0 aliphatic rings. The van der Waals surface area contributed by atoms with Crippen LogP contribution in [0.4, 0.5) is 4.39 Å². The summed E-state index contributed by atoms with van der Waals surface area (Å²) >= 11 is 2.96. The summed E-state index contributed by atoms with van der Waals surface area (Å²) in [4.78, 5) is 0.158. The topological polar surface area (TPSA) is 53.0 Å². The molecule has 0 fully saturated rings. The maximum atomic E-state index is 12.8. The molecule has 0 atom stereocenters. The summed E-state index contributed by atoms with van der Waals surface area (Å²) in [5.41, 5.74) is 0.397. The van der Waals surface area contributed by atoms with Gasteiger partial charge < -0.3 is 5.21 Å². The predicted octanol–water partition coefficient (Wildman–Crippen LogP) is 1.36. The van der Waals surface area contributed by atoms with Gasteiger partial charge in [-0.3, -0.25) is 4.63 Å². The van der Waals surface area contributed by atoms with Crippen molar-refractivity contribution in [3.63, 3.8) is 0 Å². The van der Waals surface area contributed by atoms with E-state index in [1.54, 1.807) is 0 Å². The summed E-state index contributed by atoms with van der Waals surface area (Å²) in [5, 5.41) is 14.1. The van der Waals surface area contributed by atoms with Gasteiger partial charge in [-0.05, 0) is 20.8 Å². The van der Waals surface area contributed by atoms with Gasteiger partial charge in [0.05, 0.1) is 4.47 Å². The van der Waals surface area contributed by atoms with E-state index in [4.69, 9.17) is 0 Å². The lowest BCUT2D eigenvalue weighted by atomic mass is 10.3. The minimum absolute atomic E-state index is 0.0794. The monoisotopic (exact) mass is 232 g/mol. The minimum Gasteiger partial charge on any atom is -0.359 e. The van der Waals surface area contributed by atoms with E-state index in [0.717, 1.165) is 6.07 Å². The van der Waals surface area contributed by atoms with Crippen molar-refractivity contribution in [3.05, 3.63) is 27.6 Å². The number of fused-ring (bicyclic) bond motifs is 1. The van der Waals surface area contributed by atoms with Gasteiger partial charge in [0, 0.05) is 17.3 Å². The summed E-state index contributed by atoms with van der Waals surface area (Å²) in [5.74, 6) is -0.518. The lowest BCUT2D eigenvalue weighted by molar-refractivity contribution is -0.782. The van der Waals surface area contributed by atoms with Crippen LogP contribution in [0, 0.1) is 11.0 Å². The van der Waals surface area contributed by atoms with Gasteiger partial charge in [0.25, 0.3) is 0 Å². The summed E-state index contributed by atoms with van der Waals surface area (Å²) in [6.45, 7) is 0. The Hall–Kier alpha value is -1.17.